The summed E-state index contributed by atoms with van der Waals surface area (Å²) in [5, 5.41) is 4.33. The Kier molecular flexibility index (Phi) is 4.88. The number of aryl methyl sites for hydroxylation is 1. The molecule has 0 radical (unpaired) electrons. The quantitative estimate of drug-likeness (QED) is 0.694. The Balaban J connectivity index is 1.47. The summed E-state index contributed by atoms with van der Waals surface area (Å²) in [7, 11) is 1.56. The van der Waals surface area contributed by atoms with Crippen molar-refractivity contribution >= 4 is 23.5 Å². The van der Waals surface area contributed by atoms with Gasteiger partial charge in [0.15, 0.2) is 0 Å². The van der Waals surface area contributed by atoms with Gasteiger partial charge in [-0.25, -0.2) is 9.78 Å². The van der Waals surface area contributed by atoms with Crippen LogP contribution in [0.25, 0.3) is 5.78 Å². The first-order valence-corrected chi connectivity index (χ1v) is 9.53. The summed E-state index contributed by atoms with van der Waals surface area (Å²) in [5.41, 5.74) is 2.02. The van der Waals surface area contributed by atoms with Gasteiger partial charge in [-0.3, -0.25) is 9.69 Å². The molecule has 4 rings (SSSR count). The average Bonchev–Trinajstić information content (AvgIpc) is 3.25. The van der Waals surface area contributed by atoms with Crippen molar-refractivity contribution in [3.05, 3.63) is 17.6 Å². The number of ether oxygens (including phenoxy) is 1. The van der Waals surface area contributed by atoms with E-state index in [9.17, 15) is 9.59 Å². The van der Waals surface area contributed by atoms with E-state index in [0.29, 0.717) is 18.9 Å². The molecule has 2 aromatic heterocycles. The number of methoxy groups -OCH3 is 1. The number of hydrogen-bond donors (Lipinski definition) is 0. The molecule has 2 aliphatic heterocycles. The summed E-state index contributed by atoms with van der Waals surface area (Å²) in [6.45, 7) is 6.40. The van der Waals surface area contributed by atoms with Crippen LogP contribution in [0.5, 0.6) is 0 Å². The van der Waals surface area contributed by atoms with Crippen LogP contribution in [0.2, 0.25) is 0 Å². The zero-order valence-electron chi connectivity index (χ0n) is 16.5. The first-order valence-electron chi connectivity index (χ1n) is 9.53. The normalized spacial score (nSPS) is 18.8. The van der Waals surface area contributed by atoms with Gasteiger partial charge in [0.25, 0.3) is 5.78 Å². The van der Waals surface area contributed by atoms with Gasteiger partial charge in [0.05, 0.1) is 13.2 Å². The second-order valence-corrected chi connectivity index (χ2v) is 7.28. The van der Waals surface area contributed by atoms with Crippen LogP contribution in [0.4, 0.5) is 10.6 Å². The molecule has 0 bridgehead atoms. The van der Waals surface area contributed by atoms with Crippen molar-refractivity contribution < 1.29 is 14.3 Å². The monoisotopic (exact) mass is 387 g/mol. The molecule has 2 saturated heterocycles. The number of urea groups is 1. The van der Waals surface area contributed by atoms with Gasteiger partial charge >= 0.3 is 6.03 Å². The number of fused-ring (bicyclic) bond motifs is 1. The third kappa shape index (κ3) is 3.07. The van der Waals surface area contributed by atoms with Gasteiger partial charge in [0.1, 0.15) is 18.7 Å². The van der Waals surface area contributed by atoms with E-state index < -0.39 is 0 Å². The summed E-state index contributed by atoms with van der Waals surface area (Å²) in [5.74, 6) is 1.45. The molecule has 2 aromatic rings. The highest BCUT2D eigenvalue weighted by Gasteiger charge is 2.40. The van der Waals surface area contributed by atoms with Crippen LogP contribution in [-0.4, -0.2) is 87.3 Å². The van der Waals surface area contributed by atoms with E-state index in [1.165, 1.54) is 11.2 Å². The number of hydrogen-bond acceptors (Lipinski definition) is 7. The lowest BCUT2D eigenvalue weighted by atomic mass is 10.0. The van der Waals surface area contributed by atoms with E-state index >= 15 is 0 Å². The van der Waals surface area contributed by atoms with Crippen molar-refractivity contribution in [3.8, 4) is 0 Å². The minimum Gasteiger partial charge on any atom is -0.383 e. The molecule has 10 heteroatoms. The molecule has 0 saturated carbocycles. The number of nitrogens with zero attached hydrogens (tertiary/aromatic N) is 7. The van der Waals surface area contributed by atoms with Crippen molar-refractivity contribution in [2.45, 2.75) is 32.7 Å². The van der Waals surface area contributed by atoms with Crippen molar-refractivity contribution in [1.29, 1.82) is 0 Å². The first kappa shape index (κ1) is 18.6. The van der Waals surface area contributed by atoms with Crippen molar-refractivity contribution in [2.75, 3.05) is 44.8 Å². The summed E-state index contributed by atoms with van der Waals surface area (Å²) in [6.07, 6.45) is 3.11. The fourth-order valence-corrected chi connectivity index (χ4v) is 4.02. The van der Waals surface area contributed by atoms with Gasteiger partial charge in [-0.1, -0.05) is 0 Å². The van der Waals surface area contributed by atoms with E-state index in [-0.39, 0.29) is 24.5 Å². The number of amides is 3. The molecule has 4 heterocycles. The highest BCUT2D eigenvalue weighted by Crippen LogP contribution is 2.28. The lowest BCUT2D eigenvalue weighted by Crippen LogP contribution is -2.47. The highest BCUT2D eigenvalue weighted by atomic mass is 16.5. The zero-order chi connectivity index (χ0) is 19.8. The third-order valence-corrected chi connectivity index (χ3v) is 5.68. The number of piperidine rings is 1. The molecule has 0 aromatic carbocycles. The van der Waals surface area contributed by atoms with Gasteiger partial charge in [-0.05, 0) is 26.7 Å². The Labute approximate surface area is 163 Å². The minimum atomic E-state index is -0.199. The summed E-state index contributed by atoms with van der Waals surface area (Å²) in [4.78, 5) is 38.8. The number of anilines is 1. The topological polar surface area (TPSA) is 96.2 Å². The molecule has 2 fully saturated rings. The van der Waals surface area contributed by atoms with E-state index in [1.807, 2.05) is 13.8 Å². The van der Waals surface area contributed by atoms with Gasteiger partial charge in [0.2, 0.25) is 5.91 Å². The van der Waals surface area contributed by atoms with Crippen LogP contribution < -0.4 is 4.90 Å². The molecule has 28 heavy (non-hydrogen) atoms. The highest BCUT2D eigenvalue weighted by molar-refractivity contribution is 6.02. The van der Waals surface area contributed by atoms with E-state index in [1.54, 1.807) is 16.5 Å². The Morgan fingerprint density at radius 3 is 2.68 bits per heavy atom. The Hall–Kier alpha value is -2.75. The predicted molar refractivity (Wildman–Crippen MR) is 101 cm³/mol. The molecular weight excluding hydrogens is 362 g/mol. The molecule has 0 aliphatic carbocycles. The van der Waals surface area contributed by atoms with Crippen LogP contribution in [-0.2, 0) is 9.53 Å². The van der Waals surface area contributed by atoms with Gasteiger partial charge in [0, 0.05) is 37.5 Å². The fraction of sp³-hybridized carbons (Fsp3) is 0.611. The molecule has 150 valence electrons. The van der Waals surface area contributed by atoms with Crippen molar-refractivity contribution in [3.63, 3.8) is 0 Å². The SMILES string of the molecule is COCCN1C(=O)CN(C2CCN(c3c(C)c(C)nc4ncnn34)CC2)C1=O. The largest absolute Gasteiger partial charge is 0.383 e. The standard InChI is InChI=1S/C18H25N7O3/c1-12-13(2)21-17-19-11-20-25(17)16(12)22-6-4-14(5-7-22)24-10-15(26)23(18(24)27)8-9-28-3/h11,14H,4-10H2,1-3H3. The maximum atomic E-state index is 12.6. The maximum absolute atomic E-state index is 12.6. The van der Waals surface area contributed by atoms with E-state index in [4.69, 9.17) is 4.74 Å². The minimum absolute atomic E-state index is 0.0646. The number of carbonyl (C=O) groups is 2. The molecule has 0 unspecified atom stereocenters. The van der Waals surface area contributed by atoms with Crippen LogP contribution in [0.15, 0.2) is 6.33 Å². The zero-order valence-corrected chi connectivity index (χ0v) is 16.5. The first-order chi connectivity index (χ1) is 13.5. The van der Waals surface area contributed by atoms with Crippen LogP contribution in [0.1, 0.15) is 24.1 Å². The third-order valence-electron chi connectivity index (χ3n) is 5.68. The van der Waals surface area contributed by atoms with E-state index in [2.05, 4.69) is 20.0 Å². The number of rotatable bonds is 5. The summed E-state index contributed by atoms with van der Waals surface area (Å²) >= 11 is 0. The van der Waals surface area contributed by atoms with Gasteiger partial charge in [-0.15, -0.1) is 0 Å². The average molecular weight is 387 g/mol. The molecule has 0 spiro atoms. The fourth-order valence-electron chi connectivity index (χ4n) is 4.02. The van der Waals surface area contributed by atoms with Gasteiger partial charge in [-0.2, -0.15) is 14.6 Å². The lowest BCUT2D eigenvalue weighted by Gasteiger charge is -2.37. The summed E-state index contributed by atoms with van der Waals surface area (Å²) in [6, 6.07) is -0.134. The second-order valence-electron chi connectivity index (χ2n) is 7.28. The molecule has 3 amide bonds. The molecule has 0 N–H and O–H groups in total. The van der Waals surface area contributed by atoms with Crippen LogP contribution in [0, 0.1) is 13.8 Å². The van der Waals surface area contributed by atoms with Crippen LogP contribution >= 0.6 is 0 Å². The smallest absolute Gasteiger partial charge is 0.327 e. The number of aromatic nitrogens is 4. The summed E-state index contributed by atoms with van der Waals surface area (Å²) < 4.78 is 6.78. The molecule has 10 nitrogen and oxygen atoms in total. The van der Waals surface area contributed by atoms with Gasteiger partial charge < -0.3 is 14.5 Å². The Bertz CT molecular complexity index is 904. The lowest BCUT2D eigenvalue weighted by molar-refractivity contribution is -0.125. The van der Waals surface area contributed by atoms with Crippen molar-refractivity contribution in [2.24, 2.45) is 0 Å². The maximum Gasteiger partial charge on any atom is 0.327 e. The van der Waals surface area contributed by atoms with Crippen LogP contribution in [0.3, 0.4) is 0 Å². The number of imide groups is 1. The molecule has 0 atom stereocenters. The molecular formula is C18H25N7O3. The Morgan fingerprint density at radius 2 is 1.96 bits per heavy atom. The number of carbonyl (C=O) groups excluding carboxylic acids is 2. The predicted octanol–water partition coefficient (Wildman–Crippen LogP) is 0.621. The second kappa shape index (κ2) is 7.34. The Morgan fingerprint density at radius 1 is 1.21 bits per heavy atom. The molecule has 2 aliphatic rings. The van der Waals surface area contributed by atoms with Crippen molar-refractivity contribution in [1.82, 2.24) is 29.4 Å². The van der Waals surface area contributed by atoms with E-state index in [0.717, 1.165) is 43.0 Å².